The van der Waals surface area contributed by atoms with E-state index in [1.165, 1.54) is 25.7 Å². The minimum absolute atomic E-state index is 0.402. The molecule has 0 aromatic heterocycles. The molecule has 0 aromatic rings. The Morgan fingerprint density at radius 1 is 1.38 bits per heavy atom. The van der Waals surface area contributed by atoms with Gasteiger partial charge in [0.1, 0.15) is 5.78 Å². The van der Waals surface area contributed by atoms with Gasteiger partial charge in [-0.15, -0.1) is 0 Å². The lowest BCUT2D eigenvalue weighted by molar-refractivity contribution is -0.119. The molecule has 1 heteroatoms. The summed E-state index contributed by atoms with van der Waals surface area (Å²) in [5, 5.41) is 0. The van der Waals surface area contributed by atoms with Crippen LogP contribution in [0.2, 0.25) is 0 Å². The fourth-order valence-corrected chi connectivity index (χ4v) is 2.01. The molecule has 0 radical (unpaired) electrons. The van der Waals surface area contributed by atoms with E-state index in [2.05, 4.69) is 13.5 Å². The van der Waals surface area contributed by atoms with Gasteiger partial charge in [-0.1, -0.05) is 44.8 Å². The molecule has 1 aliphatic carbocycles. The summed E-state index contributed by atoms with van der Waals surface area (Å²) in [5.41, 5.74) is 1.09. The first kappa shape index (κ1) is 10.5. The Kier molecular flexibility index (Phi) is 4.20. The minimum atomic E-state index is 0.402. The first-order valence-electron chi connectivity index (χ1n) is 5.40. The molecule has 0 amide bonds. The third kappa shape index (κ3) is 3.75. The third-order valence-electron chi connectivity index (χ3n) is 2.94. The summed E-state index contributed by atoms with van der Waals surface area (Å²) >= 11 is 0. The molecule has 0 aliphatic heterocycles. The van der Waals surface area contributed by atoms with Crippen LogP contribution in [0.4, 0.5) is 0 Å². The molecule has 0 heterocycles. The largest absolute Gasteiger partial charge is 0.299 e. The van der Waals surface area contributed by atoms with Gasteiger partial charge >= 0.3 is 0 Å². The summed E-state index contributed by atoms with van der Waals surface area (Å²) in [6, 6.07) is 0. The molecule has 74 valence electrons. The van der Waals surface area contributed by atoms with Crippen LogP contribution in [-0.2, 0) is 4.79 Å². The standard InChI is InChI=1S/C12H20O/c1-3-10(2)8-12(13)9-11-6-4-5-7-11/h11H,2-9H2,1H3. The van der Waals surface area contributed by atoms with E-state index < -0.39 is 0 Å². The highest BCUT2D eigenvalue weighted by molar-refractivity contribution is 5.80. The van der Waals surface area contributed by atoms with Crippen molar-refractivity contribution in [3.63, 3.8) is 0 Å². The van der Waals surface area contributed by atoms with Crippen molar-refractivity contribution < 1.29 is 4.79 Å². The first-order valence-corrected chi connectivity index (χ1v) is 5.40. The number of Topliss-reactive ketones (excluding diaryl/α,β-unsaturated/α-hetero) is 1. The van der Waals surface area contributed by atoms with Crippen molar-refractivity contribution in [3.05, 3.63) is 12.2 Å². The maximum absolute atomic E-state index is 11.5. The summed E-state index contributed by atoms with van der Waals surface area (Å²) < 4.78 is 0. The SMILES string of the molecule is C=C(CC)CC(=O)CC1CCCC1. The van der Waals surface area contributed by atoms with Crippen LogP contribution in [0.5, 0.6) is 0 Å². The quantitative estimate of drug-likeness (QED) is 0.592. The number of carbonyl (C=O) groups excluding carboxylic acids is 1. The van der Waals surface area contributed by atoms with E-state index in [-0.39, 0.29) is 0 Å². The molecule has 0 aromatic carbocycles. The van der Waals surface area contributed by atoms with Gasteiger partial charge in [0.15, 0.2) is 0 Å². The van der Waals surface area contributed by atoms with Crippen LogP contribution in [0.3, 0.4) is 0 Å². The molecule has 1 nitrogen and oxygen atoms in total. The van der Waals surface area contributed by atoms with Crippen molar-refractivity contribution in [1.82, 2.24) is 0 Å². The molecule has 1 aliphatic rings. The van der Waals surface area contributed by atoms with Crippen LogP contribution in [0.15, 0.2) is 12.2 Å². The Morgan fingerprint density at radius 3 is 2.54 bits per heavy atom. The second-order valence-corrected chi connectivity index (χ2v) is 4.17. The molecule has 1 fully saturated rings. The van der Waals surface area contributed by atoms with E-state index in [4.69, 9.17) is 0 Å². The molecule has 13 heavy (non-hydrogen) atoms. The average Bonchev–Trinajstić information content (AvgIpc) is 2.56. The van der Waals surface area contributed by atoms with Crippen LogP contribution < -0.4 is 0 Å². The fourth-order valence-electron chi connectivity index (χ4n) is 2.01. The zero-order valence-corrected chi connectivity index (χ0v) is 8.64. The summed E-state index contributed by atoms with van der Waals surface area (Å²) in [4.78, 5) is 11.5. The van der Waals surface area contributed by atoms with Crippen LogP contribution >= 0.6 is 0 Å². The van der Waals surface area contributed by atoms with E-state index in [1.54, 1.807) is 0 Å². The number of rotatable bonds is 5. The lowest BCUT2D eigenvalue weighted by Gasteiger charge is -2.07. The van der Waals surface area contributed by atoms with Gasteiger partial charge in [0.05, 0.1) is 0 Å². The normalized spacial score (nSPS) is 17.6. The van der Waals surface area contributed by atoms with Crippen LogP contribution in [0.25, 0.3) is 0 Å². The van der Waals surface area contributed by atoms with Gasteiger partial charge in [0.2, 0.25) is 0 Å². The molecular weight excluding hydrogens is 160 g/mol. The van der Waals surface area contributed by atoms with Crippen molar-refractivity contribution >= 4 is 5.78 Å². The predicted molar refractivity (Wildman–Crippen MR) is 55.6 cm³/mol. The van der Waals surface area contributed by atoms with Crippen LogP contribution in [0, 0.1) is 5.92 Å². The smallest absolute Gasteiger partial charge is 0.137 e. The number of hydrogen-bond donors (Lipinski definition) is 0. The highest BCUT2D eigenvalue weighted by Gasteiger charge is 2.18. The maximum atomic E-state index is 11.5. The van der Waals surface area contributed by atoms with E-state index in [9.17, 15) is 4.79 Å². The van der Waals surface area contributed by atoms with Crippen molar-refractivity contribution in [2.45, 2.75) is 51.9 Å². The Morgan fingerprint density at radius 2 is 2.00 bits per heavy atom. The van der Waals surface area contributed by atoms with Gasteiger partial charge in [0, 0.05) is 12.8 Å². The summed E-state index contributed by atoms with van der Waals surface area (Å²) in [6.45, 7) is 5.93. The van der Waals surface area contributed by atoms with E-state index in [1.807, 2.05) is 0 Å². The number of allylic oxidation sites excluding steroid dienone is 1. The summed E-state index contributed by atoms with van der Waals surface area (Å²) in [6.07, 6.45) is 7.55. The van der Waals surface area contributed by atoms with Gasteiger partial charge in [-0.25, -0.2) is 0 Å². The fraction of sp³-hybridized carbons (Fsp3) is 0.750. The lowest BCUT2D eigenvalue weighted by Crippen LogP contribution is -2.05. The Labute approximate surface area is 81.2 Å². The molecule has 0 unspecified atom stereocenters. The van der Waals surface area contributed by atoms with Crippen LogP contribution in [0.1, 0.15) is 51.9 Å². The molecular formula is C12H20O. The second kappa shape index (κ2) is 5.21. The van der Waals surface area contributed by atoms with Gasteiger partial charge < -0.3 is 0 Å². The topological polar surface area (TPSA) is 17.1 Å². The molecule has 0 atom stereocenters. The molecule has 1 rings (SSSR count). The van der Waals surface area contributed by atoms with E-state index in [0.717, 1.165) is 18.4 Å². The molecule has 0 spiro atoms. The van der Waals surface area contributed by atoms with Crippen molar-refractivity contribution in [2.24, 2.45) is 5.92 Å². The number of hydrogen-bond acceptors (Lipinski definition) is 1. The van der Waals surface area contributed by atoms with Crippen molar-refractivity contribution in [2.75, 3.05) is 0 Å². The molecule has 1 saturated carbocycles. The third-order valence-corrected chi connectivity index (χ3v) is 2.94. The highest BCUT2D eigenvalue weighted by Crippen LogP contribution is 2.28. The minimum Gasteiger partial charge on any atom is -0.299 e. The molecule has 0 saturated heterocycles. The lowest BCUT2D eigenvalue weighted by atomic mass is 9.97. The first-order chi connectivity index (χ1) is 6.22. The maximum Gasteiger partial charge on any atom is 0.137 e. The Bertz CT molecular complexity index is 187. The van der Waals surface area contributed by atoms with Gasteiger partial charge in [0.25, 0.3) is 0 Å². The van der Waals surface area contributed by atoms with Gasteiger partial charge in [-0.2, -0.15) is 0 Å². The predicted octanol–water partition coefficient (Wildman–Crippen LogP) is 3.49. The summed E-state index contributed by atoms with van der Waals surface area (Å²) in [7, 11) is 0. The summed E-state index contributed by atoms with van der Waals surface area (Å²) in [5.74, 6) is 1.09. The molecule has 0 bridgehead atoms. The monoisotopic (exact) mass is 180 g/mol. The average molecular weight is 180 g/mol. The number of ketones is 1. The van der Waals surface area contributed by atoms with Gasteiger partial charge in [-0.05, 0) is 12.3 Å². The van der Waals surface area contributed by atoms with E-state index >= 15 is 0 Å². The van der Waals surface area contributed by atoms with E-state index in [0.29, 0.717) is 18.1 Å². The van der Waals surface area contributed by atoms with Crippen LogP contribution in [-0.4, -0.2) is 5.78 Å². The van der Waals surface area contributed by atoms with Gasteiger partial charge in [-0.3, -0.25) is 4.79 Å². The second-order valence-electron chi connectivity index (χ2n) is 4.17. The Hall–Kier alpha value is -0.590. The molecule has 0 N–H and O–H groups in total. The zero-order valence-electron chi connectivity index (χ0n) is 8.64. The Balaban J connectivity index is 2.20. The van der Waals surface area contributed by atoms with Crippen molar-refractivity contribution in [3.8, 4) is 0 Å². The zero-order chi connectivity index (χ0) is 9.68. The highest BCUT2D eigenvalue weighted by atomic mass is 16.1. The van der Waals surface area contributed by atoms with Crippen molar-refractivity contribution in [1.29, 1.82) is 0 Å². The number of carbonyl (C=O) groups is 1.